The van der Waals surface area contributed by atoms with Crippen LogP contribution in [0.5, 0.6) is 0 Å². The number of nitrogens with zero attached hydrogens (tertiary/aromatic N) is 1. The summed E-state index contributed by atoms with van der Waals surface area (Å²) in [4.78, 5) is 22.3. The minimum atomic E-state index is -0.351. The number of amides is 1. The fraction of sp³-hybridized carbons (Fsp3) is 0.333. The van der Waals surface area contributed by atoms with Gasteiger partial charge >= 0.3 is 5.97 Å². The van der Waals surface area contributed by atoms with Crippen molar-refractivity contribution in [1.82, 2.24) is 9.88 Å². The van der Waals surface area contributed by atoms with Gasteiger partial charge in [0.1, 0.15) is 0 Å². The van der Waals surface area contributed by atoms with Gasteiger partial charge in [-0.3, -0.25) is 4.79 Å². The van der Waals surface area contributed by atoms with Crippen molar-refractivity contribution >= 4 is 11.9 Å². The second kappa shape index (κ2) is 5.89. The van der Waals surface area contributed by atoms with Crippen molar-refractivity contribution in [3.8, 4) is 0 Å². The molecule has 0 unspecified atom stereocenters. The second-order valence-electron chi connectivity index (χ2n) is 3.49. The van der Waals surface area contributed by atoms with Gasteiger partial charge in [0.05, 0.1) is 12.7 Å². The van der Waals surface area contributed by atoms with E-state index < -0.39 is 0 Å². The van der Waals surface area contributed by atoms with Gasteiger partial charge < -0.3 is 14.6 Å². The SMILES string of the molecule is C=CC(=O)NCCn1ccc(C(=O)OC)c1C. The summed E-state index contributed by atoms with van der Waals surface area (Å²) in [7, 11) is 1.35. The predicted molar refractivity (Wildman–Crippen MR) is 63.7 cm³/mol. The lowest BCUT2D eigenvalue weighted by Crippen LogP contribution is -2.25. The lowest BCUT2D eigenvalue weighted by molar-refractivity contribution is -0.116. The molecule has 1 N–H and O–H groups in total. The zero-order valence-electron chi connectivity index (χ0n) is 10.0. The van der Waals surface area contributed by atoms with Crippen molar-refractivity contribution in [2.75, 3.05) is 13.7 Å². The molecular formula is C12H16N2O3. The Morgan fingerprint density at radius 1 is 1.59 bits per heavy atom. The molecule has 1 amide bonds. The van der Waals surface area contributed by atoms with Crippen molar-refractivity contribution in [2.24, 2.45) is 0 Å². The van der Waals surface area contributed by atoms with E-state index >= 15 is 0 Å². The zero-order valence-corrected chi connectivity index (χ0v) is 10.0. The average molecular weight is 236 g/mol. The van der Waals surface area contributed by atoms with Gasteiger partial charge in [-0.2, -0.15) is 0 Å². The Bertz CT molecular complexity index is 435. The lowest BCUT2D eigenvalue weighted by atomic mass is 10.2. The van der Waals surface area contributed by atoms with Gasteiger partial charge in [-0.25, -0.2) is 4.79 Å². The molecule has 1 aromatic rings. The van der Waals surface area contributed by atoms with Crippen molar-refractivity contribution < 1.29 is 14.3 Å². The average Bonchev–Trinajstić information content (AvgIpc) is 2.70. The number of esters is 1. The zero-order chi connectivity index (χ0) is 12.8. The molecule has 0 aliphatic heterocycles. The maximum atomic E-state index is 11.4. The maximum Gasteiger partial charge on any atom is 0.339 e. The molecule has 5 heteroatoms. The van der Waals surface area contributed by atoms with Crippen LogP contribution in [-0.4, -0.2) is 30.1 Å². The Balaban J connectivity index is 2.61. The molecule has 0 spiro atoms. The third kappa shape index (κ3) is 3.21. The number of carbonyl (C=O) groups excluding carboxylic acids is 2. The highest BCUT2D eigenvalue weighted by atomic mass is 16.5. The summed E-state index contributed by atoms with van der Waals surface area (Å²) in [6.45, 7) is 6.28. The van der Waals surface area contributed by atoms with Gasteiger partial charge in [0.15, 0.2) is 0 Å². The highest BCUT2D eigenvalue weighted by molar-refractivity contribution is 5.90. The van der Waals surface area contributed by atoms with Crippen LogP contribution in [0.4, 0.5) is 0 Å². The number of ether oxygens (including phenoxy) is 1. The standard InChI is InChI=1S/C12H16N2O3/c1-4-11(15)13-6-8-14-7-5-10(9(14)2)12(16)17-3/h4-5,7H,1,6,8H2,2-3H3,(H,13,15). The van der Waals surface area contributed by atoms with E-state index in [1.54, 1.807) is 12.3 Å². The normalized spacial score (nSPS) is 9.76. The second-order valence-corrected chi connectivity index (χ2v) is 3.49. The number of nitrogens with one attached hydrogen (secondary N) is 1. The summed E-state index contributed by atoms with van der Waals surface area (Å²) in [5.74, 6) is -0.556. The van der Waals surface area contributed by atoms with E-state index in [-0.39, 0.29) is 11.9 Å². The van der Waals surface area contributed by atoms with E-state index in [9.17, 15) is 9.59 Å². The molecule has 5 nitrogen and oxygen atoms in total. The van der Waals surface area contributed by atoms with Crippen LogP contribution in [0.1, 0.15) is 16.1 Å². The van der Waals surface area contributed by atoms with Crippen LogP contribution in [0.2, 0.25) is 0 Å². The first-order valence-corrected chi connectivity index (χ1v) is 5.24. The van der Waals surface area contributed by atoms with E-state index in [2.05, 4.69) is 16.6 Å². The van der Waals surface area contributed by atoms with E-state index in [1.165, 1.54) is 13.2 Å². The minimum Gasteiger partial charge on any atom is -0.465 e. The summed E-state index contributed by atoms with van der Waals surface area (Å²) in [5.41, 5.74) is 1.37. The molecule has 0 fully saturated rings. The van der Waals surface area contributed by atoms with Crippen LogP contribution < -0.4 is 5.32 Å². The highest BCUT2D eigenvalue weighted by Crippen LogP contribution is 2.10. The van der Waals surface area contributed by atoms with E-state index in [0.717, 1.165) is 5.69 Å². The molecule has 17 heavy (non-hydrogen) atoms. The van der Waals surface area contributed by atoms with Crippen molar-refractivity contribution in [1.29, 1.82) is 0 Å². The number of methoxy groups -OCH3 is 1. The van der Waals surface area contributed by atoms with Crippen LogP contribution in [0.25, 0.3) is 0 Å². The Morgan fingerprint density at radius 2 is 2.29 bits per heavy atom. The fourth-order valence-electron chi connectivity index (χ4n) is 1.49. The molecule has 0 aliphatic rings. The Kier molecular flexibility index (Phi) is 4.51. The highest BCUT2D eigenvalue weighted by Gasteiger charge is 2.12. The smallest absolute Gasteiger partial charge is 0.339 e. The monoisotopic (exact) mass is 236 g/mol. The molecule has 1 aromatic heterocycles. The van der Waals surface area contributed by atoms with Gasteiger partial charge in [0, 0.05) is 25.0 Å². The van der Waals surface area contributed by atoms with E-state index in [0.29, 0.717) is 18.7 Å². The Morgan fingerprint density at radius 3 is 2.88 bits per heavy atom. The topological polar surface area (TPSA) is 60.3 Å². The largest absolute Gasteiger partial charge is 0.465 e. The van der Waals surface area contributed by atoms with Gasteiger partial charge in [-0.15, -0.1) is 0 Å². The van der Waals surface area contributed by atoms with Crippen LogP contribution >= 0.6 is 0 Å². The molecule has 1 heterocycles. The molecule has 0 aromatic carbocycles. The lowest BCUT2D eigenvalue weighted by Gasteiger charge is -2.07. The molecule has 0 saturated carbocycles. The van der Waals surface area contributed by atoms with Crippen LogP contribution in [-0.2, 0) is 16.1 Å². The Labute approximate surface area is 100 Å². The first-order valence-electron chi connectivity index (χ1n) is 5.24. The summed E-state index contributed by atoms with van der Waals surface area (Å²) >= 11 is 0. The molecule has 1 rings (SSSR count). The quantitative estimate of drug-likeness (QED) is 0.610. The van der Waals surface area contributed by atoms with Gasteiger partial charge in [-0.05, 0) is 19.1 Å². The summed E-state index contributed by atoms with van der Waals surface area (Å²) in [5, 5.41) is 2.67. The van der Waals surface area contributed by atoms with Crippen molar-refractivity contribution in [2.45, 2.75) is 13.5 Å². The number of carbonyl (C=O) groups is 2. The number of aromatic nitrogens is 1. The van der Waals surface area contributed by atoms with Crippen LogP contribution in [0.3, 0.4) is 0 Å². The summed E-state index contributed by atoms with van der Waals surface area (Å²) in [6, 6.07) is 1.70. The summed E-state index contributed by atoms with van der Waals surface area (Å²) < 4.78 is 6.54. The molecule has 0 saturated heterocycles. The van der Waals surface area contributed by atoms with Crippen LogP contribution in [0.15, 0.2) is 24.9 Å². The van der Waals surface area contributed by atoms with E-state index in [4.69, 9.17) is 0 Å². The fourth-order valence-corrected chi connectivity index (χ4v) is 1.49. The van der Waals surface area contributed by atoms with Gasteiger partial charge in [0.25, 0.3) is 0 Å². The number of hydrogen-bond donors (Lipinski definition) is 1. The molecule has 92 valence electrons. The van der Waals surface area contributed by atoms with Crippen molar-refractivity contribution in [3.05, 3.63) is 36.2 Å². The van der Waals surface area contributed by atoms with Gasteiger partial charge in [0.2, 0.25) is 5.91 Å². The minimum absolute atomic E-state index is 0.206. The maximum absolute atomic E-state index is 11.4. The molecule has 0 atom stereocenters. The predicted octanol–water partition coefficient (Wildman–Crippen LogP) is 0.885. The molecule has 0 aliphatic carbocycles. The summed E-state index contributed by atoms with van der Waals surface area (Å²) in [6.07, 6.45) is 3.02. The third-order valence-electron chi connectivity index (χ3n) is 2.48. The molecule has 0 bridgehead atoms. The molecule has 0 radical (unpaired) electrons. The Hall–Kier alpha value is -2.04. The van der Waals surface area contributed by atoms with Crippen molar-refractivity contribution in [3.63, 3.8) is 0 Å². The van der Waals surface area contributed by atoms with Gasteiger partial charge in [-0.1, -0.05) is 6.58 Å². The third-order valence-corrected chi connectivity index (χ3v) is 2.48. The number of hydrogen-bond acceptors (Lipinski definition) is 3. The first kappa shape index (κ1) is 13.0. The first-order chi connectivity index (χ1) is 8.10. The van der Waals surface area contributed by atoms with E-state index in [1.807, 2.05) is 11.5 Å². The van der Waals surface area contributed by atoms with Crippen LogP contribution in [0, 0.1) is 6.92 Å². The number of rotatable bonds is 5. The molecular weight excluding hydrogens is 220 g/mol.